The van der Waals surface area contributed by atoms with Crippen LogP contribution < -0.4 is 4.31 Å². The number of anilines is 1. The molecule has 1 N–H and O–H groups in total. The van der Waals surface area contributed by atoms with Crippen LogP contribution in [-0.4, -0.2) is 32.3 Å². The summed E-state index contributed by atoms with van der Waals surface area (Å²) in [6, 6.07) is 9.58. The molecule has 140 valence electrons. The van der Waals surface area contributed by atoms with Crippen LogP contribution in [0.1, 0.15) is 27.9 Å². The number of fused-ring (bicyclic) bond motifs is 1. The molecule has 0 bridgehead atoms. The second-order valence-corrected chi connectivity index (χ2v) is 8.10. The molecule has 1 aliphatic heterocycles. The standard InChI is InChI=1S/C20H20N2O4S/c1-3-11-21-19-14(2)6-4-8-18(19)27(25,26)22-12-5-7-15-13-16(20(23)24)9-10-17(15)22/h3-4,6,8-11,13H,1,5,7,12H2,2H3,(H,23,24). The number of benzene rings is 2. The number of aromatic carboxylic acids is 1. The maximum atomic E-state index is 13.4. The molecule has 0 radical (unpaired) electrons. The van der Waals surface area contributed by atoms with Crippen molar-refractivity contribution in [2.45, 2.75) is 24.7 Å². The van der Waals surface area contributed by atoms with E-state index < -0.39 is 16.0 Å². The molecule has 0 aromatic heterocycles. The lowest BCUT2D eigenvalue weighted by molar-refractivity contribution is 0.0696. The summed E-state index contributed by atoms with van der Waals surface area (Å²) in [5.74, 6) is -1.03. The summed E-state index contributed by atoms with van der Waals surface area (Å²) in [6.07, 6.45) is 4.21. The van der Waals surface area contributed by atoms with Crippen LogP contribution in [0.5, 0.6) is 0 Å². The monoisotopic (exact) mass is 384 g/mol. The molecule has 2 aromatic carbocycles. The van der Waals surface area contributed by atoms with Crippen molar-refractivity contribution in [2.24, 2.45) is 4.99 Å². The van der Waals surface area contributed by atoms with E-state index in [9.17, 15) is 18.3 Å². The third-order valence-electron chi connectivity index (χ3n) is 4.48. The zero-order chi connectivity index (χ0) is 19.6. The lowest BCUT2D eigenvalue weighted by atomic mass is 10.0. The summed E-state index contributed by atoms with van der Waals surface area (Å²) >= 11 is 0. The van der Waals surface area contributed by atoms with Crippen molar-refractivity contribution < 1.29 is 18.3 Å². The fourth-order valence-electron chi connectivity index (χ4n) is 3.20. The quantitative estimate of drug-likeness (QED) is 0.796. The van der Waals surface area contributed by atoms with Gasteiger partial charge in [-0.3, -0.25) is 9.30 Å². The van der Waals surface area contributed by atoms with Gasteiger partial charge in [0.05, 0.1) is 16.9 Å². The lowest BCUT2D eigenvalue weighted by Gasteiger charge is -2.31. The molecule has 1 aliphatic rings. The Bertz CT molecular complexity index is 1040. The van der Waals surface area contributed by atoms with Gasteiger partial charge in [0, 0.05) is 12.8 Å². The number of hydrogen-bond donors (Lipinski definition) is 1. The van der Waals surface area contributed by atoms with E-state index in [2.05, 4.69) is 11.6 Å². The number of rotatable bonds is 5. The highest BCUT2D eigenvalue weighted by atomic mass is 32.2. The SMILES string of the molecule is C=CC=Nc1c(C)cccc1S(=O)(=O)N1CCCc2cc(C(=O)O)ccc21. The Hall–Kier alpha value is -2.93. The van der Waals surface area contributed by atoms with Crippen molar-refractivity contribution >= 4 is 33.6 Å². The van der Waals surface area contributed by atoms with E-state index in [1.165, 1.54) is 28.7 Å². The van der Waals surface area contributed by atoms with Crippen LogP contribution in [0.3, 0.4) is 0 Å². The van der Waals surface area contributed by atoms with Gasteiger partial charge in [-0.15, -0.1) is 0 Å². The van der Waals surface area contributed by atoms with Gasteiger partial charge in [-0.1, -0.05) is 24.8 Å². The van der Waals surface area contributed by atoms with Gasteiger partial charge in [-0.2, -0.15) is 0 Å². The first-order valence-electron chi connectivity index (χ1n) is 8.50. The molecule has 3 rings (SSSR count). The van der Waals surface area contributed by atoms with Crippen molar-refractivity contribution in [1.29, 1.82) is 0 Å². The molecule has 6 nitrogen and oxygen atoms in total. The Morgan fingerprint density at radius 3 is 2.78 bits per heavy atom. The van der Waals surface area contributed by atoms with Crippen molar-refractivity contribution in [3.63, 3.8) is 0 Å². The molecular weight excluding hydrogens is 364 g/mol. The number of carboxylic acid groups (broad SMARTS) is 1. The minimum absolute atomic E-state index is 0.121. The minimum Gasteiger partial charge on any atom is -0.478 e. The van der Waals surface area contributed by atoms with Crippen LogP contribution >= 0.6 is 0 Å². The molecule has 0 saturated heterocycles. The number of carbonyl (C=O) groups is 1. The first kappa shape index (κ1) is 18.8. The fraction of sp³-hybridized carbons (Fsp3) is 0.200. The van der Waals surface area contributed by atoms with E-state index >= 15 is 0 Å². The molecule has 0 fully saturated rings. The summed E-state index contributed by atoms with van der Waals surface area (Å²) in [5, 5.41) is 9.18. The number of carboxylic acids is 1. The molecule has 7 heteroatoms. The van der Waals surface area contributed by atoms with Gasteiger partial charge in [0.15, 0.2) is 0 Å². The molecule has 0 atom stereocenters. The lowest BCUT2D eigenvalue weighted by Crippen LogP contribution is -2.35. The number of para-hydroxylation sites is 1. The molecule has 27 heavy (non-hydrogen) atoms. The molecule has 0 aliphatic carbocycles. The van der Waals surface area contributed by atoms with E-state index in [0.29, 0.717) is 36.3 Å². The van der Waals surface area contributed by atoms with Crippen LogP contribution in [0.2, 0.25) is 0 Å². The normalized spacial score (nSPS) is 14.2. The number of nitrogens with zero attached hydrogens (tertiary/aromatic N) is 2. The van der Waals surface area contributed by atoms with Crippen molar-refractivity contribution in [3.8, 4) is 0 Å². The van der Waals surface area contributed by atoms with E-state index in [0.717, 1.165) is 5.56 Å². The van der Waals surface area contributed by atoms with Crippen molar-refractivity contribution in [3.05, 3.63) is 65.7 Å². The topological polar surface area (TPSA) is 87.0 Å². The number of aryl methyl sites for hydroxylation is 2. The molecule has 0 amide bonds. The second-order valence-electron chi connectivity index (χ2n) is 6.26. The fourth-order valence-corrected chi connectivity index (χ4v) is 4.95. The van der Waals surface area contributed by atoms with E-state index in [1.807, 2.05) is 0 Å². The first-order valence-corrected chi connectivity index (χ1v) is 9.94. The van der Waals surface area contributed by atoms with Crippen LogP contribution in [0.4, 0.5) is 11.4 Å². The summed E-state index contributed by atoms with van der Waals surface area (Å²) in [4.78, 5) is 15.6. The minimum atomic E-state index is -3.85. The van der Waals surface area contributed by atoms with Crippen LogP contribution in [-0.2, 0) is 16.4 Å². The largest absolute Gasteiger partial charge is 0.478 e. The molecule has 0 saturated carbocycles. The number of hydrogen-bond acceptors (Lipinski definition) is 4. The zero-order valence-corrected chi connectivity index (χ0v) is 15.7. The van der Waals surface area contributed by atoms with Crippen LogP contribution in [0.15, 0.2) is 58.9 Å². The van der Waals surface area contributed by atoms with Gasteiger partial charge in [0.25, 0.3) is 10.0 Å². The molecular formula is C20H20N2O4S. The van der Waals surface area contributed by atoms with Crippen LogP contribution in [0.25, 0.3) is 0 Å². The van der Waals surface area contributed by atoms with E-state index in [1.54, 1.807) is 31.2 Å². The zero-order valence-electron chi connectivity index (χ0n) is 14.9. The molecule has 0 unspecified atom stereocenters. The number of allylic oxidation sites excluding steroid dienone is 1. The first-order chi connectivity index (χ1) is 12.9. The predicted molar refractivity (Wildman–Crippen MR) is 106 cm³/mol. The highest BCUT2D eigenvalue weighted by Gasteiger charge is 2.31. The summed E-state index contributed by atoms with van der Waals surface area (Å²) in [6.45, 7) is 5.72. The molecule has 0 spiro atoms. The number of aliphatic imine (C=N–C) groups is 1. The van der Waals surface area contributed by atoms with Crippen LogP contribution in [0, 0.1) is 6.92 Å². The van der Waals surface area contributed by atoms with Gasteiger partial charge < -0.3 is 5.11 Å². The summed E-state index contributed by atoms with van der Waals surface area (Å²) in [7, 11) is -3.85. The Morgan fingerprint density at radius 2 is 2.07 bits per heavy atom. The smallest absolute Gasteiger partial charge is 0.335 e. The Labute approximate surface area is 158 Å². The van der Waals surface area contributed by atoms with E-state index in [-0.39, 0.29) is 10.5 Å². The van der Waals surface area contributed by atoms with Gasteiger partial charge in [0.1, 0.15) is 4.90 Å². The third-order valence-corrected chi connectivity index (χ3v) is 6.33. The van der Waals surface area contributed by atoms with Gasteiger partial charge in [-0.05, 0) is 55.2 Å². The Morgan fingerprint density at radius 1 is 1.30 bits per heavy atom. The maximum Gasteiger partial charge on any atom is 0.335 e. The average molecular weight is 384 g/mol. The Kier molecular flexibility index (Phi) is 5.14. The highest BCUT2D eigenvalue weighted by Crippen LogP contribution is 2.36. The van der Waals surface area contributed by atoms with Gasteiger partial charge >= 0.3 is 5.97 Å². The van der Waals surface area contributed by atoms with E-state index in [4.69, 9.17) is 0 Å². The summed E-state index contributed by atoms with van der Waals surface area (Å²) < 4.78 is 28.2. The molecule has 1 heterocycles. The third kappa shape index (κ3) is 3.50. The number of sulfonamides is 1. The van der Waals surface area contributed by atoms with Crippen molar-refractivity contribution in [2.75, 3.05) is 10.8 Å². The Balaban J connectivity index is 2.13. The maximum absolute atomic E-state index is 13.4. The van der Waals surface area contributed by atoms with Crippen molar-refractivity contribution in [1.82, 2.24) is 0 Å². The second kappa shape index (κ2) is 7.36. The average Bonchev–Trinajstić information content (AvgIpc) is 2.65. The molecule has 2 aromatic rings. The van der Waals surface area contributed by atoms with Gasteiger partial charge in [0.2, 0.25) is 0 Å². The highest BCUT2D eigenvalue weighted by molar-refractivity contribution is 7.93. The predicted octanol–water partition coefficient (Wildman–Crippen LogP) is 3.72. The van der Waals surface area contributed by atoms with Gasteiger partial charge in [-0.25, -0.2) is 13.2 Å². The summed E-state index contributed by atoms with van der Waals surface area (Å²) in [5.41, 5.74) is 2.51.